The van der Waals surface area contributed by atoms with Crippen molar-refractivity contribution in [1.82, 2.24) is 15.0 Å². The van der Waals surface area contributed by atoms with Gasteiger partial charge in [0.1, 0.15) is 16.7 Å². The van der Waals surface area contributed by atoms with Crippen molar-refractivity contribution in [2.45, 2.75) is 17.7 Å². The summed E-state index contributed by atoms with van der Waals surface area (Å²) in [6.45, 7) is 1.91. The molecule has 0 saturated carbocycles. The molecule has 0 saturated heterocycles. The summed E-state index contributed by atoms with van der Waals surface area (Å²) in [6.07, 6.45) is 1.76. The van der Waals surface area contributed by atoms with Crippen LogP contribution >= 0.6 is 27.7 Å². The minimum Gasteiger partial charge on any atom is -0.308 e. The molecule has 2 aromatic rings. The van der Waals surface area contributed by atoms with E-state index in [1.165, 1.54) is 0 Å². The first-order valence-electron chi connectivity index (χ1n) is 5.23. The van der Waals surface area contributed by atoms with E-state index in [2.05, 4.69) is 36.3 Å². The molecule has 0 radical (unpaired) electrons. The van der Waals surface area contributed by atoms with Gasteiger partial charge in [-0.25, -0.2) is 20.8 Å². The van der Waals surface area contributed by atoms with Crippen LogP contribution in [0.25, 0.3) is 0 Å². The SMILES string of the molecule is Cc1cc(NN)nc(CSc2ncccc2Br)n1. The normalized spacial score (nSPS) is 10.4. The van der Waals surface area contributed by atoms with E-state index in [0.29, 0.717) is 11.6 Å². The van der Waals surface area contributed by atoms with E-state index in [-0.39, 0.29) is 0 Å². The number of nitrogen functional groups attached to an aromatic ring is 1. The van der Waals surface area contributed by atoms with Gasteiger partial charge in [-0.1, -0.05) is 11.8 Å². The van der Waals surface area contributed by atoms with Gasteiger partial charge >= 0.3 is 0 Å². The molecule has 0 unspecified atom stereocenters. The lowest BCUT2D eigenvalue weighted by Crippen LogP contribution is -2.10. The number of thioether (sulfide) groups is 1. The summed E-state index contributed by atoms with van der Waals surface area (Å²) in [4.78, 5) is 12.9. The molecule has 94 valence electrons. The van der Waals surface area contributed by atoms with Crippen LogP contribution in [0.2, 0.25) is 0 Å². The summed E-state index contributed by atoms with van der Waals surface area (Å²) in [5.74, 6) is 7.35. The van der Waals surface area contributed by atoms with Crippen LogP contribution in [0.15, 0.2) is 33.9 Å². The van der Waals surface area contributed by atoms with Crippen LogP contribution in [-0.2, 0) is 5.75 Å². The number of aromatic nitrogens is 3. The summed E-state index contributed by atoms with van der Waals surface area (Å²) in [7, 11) is 0. The first-order chi connectivity index (χ1) is 8.69. The number of hydrogen-bond acceptors (Lipinski definition) is 6. The number of halogens is 1. The van der Waals surface area contributed by atoms with Gasteiger partial charge in [0.15, 0.2) is 0 Å². The molecular weight excluding hydrogens is 314 g/mol. The van der Waals surface area contributed by atoms with Crippen LogP contribution in [0, 0.1) is 6.92 Å². The van der Waals surface area contributed by atoms with Crippen LogP contribution < -0.4 is 11.3 Å². The number of nitrogens with two attached hydrogens (primary N) is 1. The summed E-state index contributed by atoms with van der Waals surface area (Å²) in [6, 6.07) is 5.64. The predicted octanol–water partition coefficient (Wildman–Crippen LogP) is 2.52. The largest absolute Gasteiger partial charge is 0.308 e. The van der Waals surface area contributed by atoms with Gasteiger partial charge in [-0.3, -0.25) is 0 Å². The Morgan fingerprint density at radius 3 is 3.00 bits per heavy atom. The first kappa shape index (κ1) is 13.3. The second-order valence-electron chi connectivity index (χ2n) is 3.53. The molecule has 2 rings (SSSR count). The molecular formula is C11H12BrN5S. The Labute approximate surface area is 118 Å². The fourth-order valence-electron chi connectivity index (χ4n) is 1.38. The van der Waals surface area contributed by atoms with Crippen molar-refractivity contribution in [3.05, 3.63) is 40.4 Å². The van der Waals surface area contributed by atoms with E-state index in [9.17, 15) is 0 Å². The monoisotopic (exact) mass is 325 g/mol. The Morgan fingerprint density at radius 1 is 1.44 bits per heavy atom. The molecule has 0 amide bonds. The lowest BCUT2D eigenvalue weighted by Gasteiger charge is -2.05. The number of aryl methyl sites for hydroxylation is 1. The Balaban J connectivity index is 2.11. The Morgan fingerprint density at radius 2 is 2.28 bits per heavy atom. The second-order valence-corrected chi connectivity index (χ2v) is 5.35. The molecule has 0 atom stereocenters. The topological polar surface area (TPSA) is 76.7 Å². The molecule has 18 heavy (non-hydrogen) atoms. The van der Waals surface area contributed by atoms with Crippen LogP contribution in [0.5, 0.6) is 0 Å². The molecule has 0 aliphatic carbocycles. The van der Waals surface area contributed by atoms with Crippen molar-refractivity contribution in [2.75, 3.05) is 5.43 Å². The smallest absolute Gasteiger partial charge is 0.143 e. The molecule has 7 heteroatoms. The van der Waals surface area contributed by atoms with Gasteiger partial charge in [-0.05, 0) is 35.0 Å². The molecule has 2 aromatic heterocycles. The van der Waals surface area contributed by atoms with Crippen molar-refractivity contribution >= 4 is 33.5 Å². The summed E-state index contributed by atoms with van der Waals surface area (Å²) < 4.78 is 0.972. The standard InChI is InChI=1S/C11H12BrN5S/c1-7-5-9(17-13)16-10(15-7)6-18-11-8(12)3-2-4-14-11/h2-5H,6,13H2,1H3,(H,15,16,17). The molecule has 5 nitrogen and oxygen atoms in total. The van der Waals surface area contributed by atoms with E-state index >= 15 is 0 Å². The zero-order valence-corrected chi connectivity index (χ0v) is 12.1. The number of anilines is 1. The maximum absolute atomic E-state index is 5.35. The zero-order chi connectivity index (χ0) is 13.0. The minimum atomic E-state index is 0.623. The van der Waals surface area contributed by atoms with E-state index in [0.717, 1.165) is 21.0 Å². The maximum atomic E-state index is 5.35. The molecule has 0 aliphatic heterocycles. The van der Waals surface area contributed by atoms with Gasteiger partial charge in [-0.2, -0.15) is 0 Å². The third kappa shape index (κ3) is 3.41. The van der Waals surface area contributed by atoms with Gasteiger partial charge in [0.2, 0.25) is 0 Å². The average molecular weight is 326 g/mol. The van der Waals surface area contributed by atoms with Crippen LogP contribution in [0.4, 0.5) is 5.82 Å². The number of rotatable bonds is 4. The molecule has 0 fully saturated rings. The zero-order valence-electron chi connectivity index (χ0n) is 9.72. The fraction of sp³-hybridized carbons (Fsp3) is 0.182. The van der Waals surface area contributed by atoms with Gasteiger partial charge in [0.25, 0.3) is 0 Å². The third-order valence-corrected chi connectivity index (χ3v) is 4.01. The highest BCUT2D eigenvalue weighted by molar-refractivity contribution is 9.10. The van der Waals surface area contributed by atoms with Crippen LogP contribution in [-0.4, -0.2) is 15.0 Å². The highest BCUT2D eigenvalue weighted by Gasteiger charge is 2.05. The molecule has 0 bridgehead atoms. The number of pyridine rings is 1. The van der Waals surface area contributed by atoms with Crippen molar-refractivity contribution < 1.29 is 0 Å². The summed E-state index contributed by atoms with van der Waals surface area (Å²) in [5.41, 5.74) is 3.42. The average Bonchev–Trinajstić information content (AvgIpc) is 2.37. The fourth-order valence-corrected chi connectivity index (χ4v) is 2.71. The number of hydrazine groups is 1. The Kier molecular flexibility index (Phi) is 4.51. The van der Waals surface area contributed by atoms with Crippen LogP contribution in [0.1, 0.15) is 11.5 Å². The third-order valence-electron chi connectivity index (χ3n) is 2.11. The van der Waals surface area contributed by atoms with E-state index in [1.54, 1.807) is 24.0 Å². The molecule has 2 heterocycles. The minimum absolute atomic E-state index is 0.623. The molecule has 3 N–H and O–H groups in total. The molecule has 0 spiro atoms. The van der Waals surface area contributed by atoms with Gasteiger partial charge in [0.05, 0.1) is 5.75 Å². The molecule has 0 aliphatic rings. The van der Waals surface area contributed by atoms with Crippen molar-refractivity contribution in [1.29, 1.82) is 0 Å². The predicted molar refractivity (Wildman–Crippen MR) is 76.1 cm³/mol. The number of hydrogen-bond donors (Lipinski definition) is 2. The van der Waals surface area contributed by atoms with Crippen molar-refractivity contribution in [3.63, 3.8) is 0 Å². The van der Waals surface area contributed by atoms with Gasteiger partial charge < -0.3 is 5.43 Å². The maximum Gasteiger partial charge on any atom is 0.143 e. The van der Waals surface area contributed by atoms with Crippen molar-refractivity contribution in [2.24, 2.45) is 5.84 Å². The quantitative estimate of drug-likeness (QED) is 0.511. The lowest BCUT2D eigenvalue weighted by molar-refractivity contribution is 0.986. The van der Waals surface area contributed by atoms with Crippen molar-refractivity contribution in [3.8, 4) is 0 Å². The van der Waals surface area contributed by atoms with Crippen LogP contribution in [0.3, 0.4) is 0 Å². The summed E-state index contributed by atoms with van der Waals surface area (Å²) in [5, 5.41) is 0.921. The Hall–Kier alpha value is -1.18. The second kappa shape index (κ2) is 6.12. The number of nitrogens with zero attached hydrogens (tertiary/aromatic N) is 3. The van der Waals surface area contributed by atoms with Gasteiger partial charge in [-0.15, -0.1) is 0 Å². The highest BCUT2D eigenvalue weighted by atomic mass is 79.9. The van der Waals surface area contributed by atoms with E-state index in [4.69, 9.17) is 5.84 Å². The molecule has 0 aromatic carbocycles. The summed E-state index contributed by atoms with van der Waals surface area (Å²) >= 11 is 5.03. The van der Waals surface area contributed by atoms with E-state index in [1.807, 2.05) is 19.1 Å². The number of nitrogens with one attached hydrogen (secondary N) is 1. The highest BCUT2D eigenvalue weighted by Crippen LogP contribution is 2.26. The first-order valence-corrected chi connectivity index (χ1v) is 7.01. The van der Waals surface area contributed by atoms with E-state index < -0.39 is 0 Å². The van der Waals surface area contributed by atoms with Gasteiger partial charge in [0, 0.05) is 22.4 Å². The lowest BCUT2D eigenvalue weighted by atomic mass is 10.4. The Bertz CT molecular complexity index is 549.